The molecular formula is C8H11NS. The zero-order valence-corrected chi connectivity index (χ0v) is 7.09. The van der Waals surface area contributed by atoms with Gasteiger partial charge in [-0.1, -0.05) is 6.58 Å². The molecule has 0 saturated carbocycles. The fraction of sp³-hybridized carbons (Fsp3) is 0.250. The van der Waals surface area contributed by atoms with Crippen LogP contribution in [0.15, 0.2) is 18.0 Å². The molecule has 0 radical (unpaired) electrons. The van der Waals surface area contributed by atoms with Crippen LogP contribution in [0, 0.1) is 0 Å². The number of hydrogen-bond acceptors (Lipinski definition) is 2. The van der Waals surface area contributed by atoms with Crippen LogP contribution >= 0.6 is 11.3 Å². The second-order valence-corrected chi connectivity index (χ2v) is 3.11. The lowest BCUT2D eigenvalue weighted by atomic mass is 10.2. The Balaban J connectivity index is 3.01. The minimum atomic E-state index is 1.12. The summed E-state index contributed by atoms with van der Waals surface area (Å²) in [5.41, 5.74) is 2.30. The highest BCUT2D eigenvalue weighted by Gasteiger charge is 2.00. The molecule has 0 aliphatic rings. The summed E-state index contributed by atoms with van der Waals surface area (Å²) in [4.78, 5) is 1.25. The summed E-state index contributed by atoms with van der Waals surface area (Å²) < 4.78 is 0. The van der Waals surface area contributed by atoms with E-state index in [1.165, 1.54) is 10.6 Å². The number of nitrogens with one attached hydrogen (secondary N) is 1. The number of allylic oxidation sites excluding steroid dienone is 1. The van der Waals surface area contributed by atoms with Crippen molar-refractivity contribution < 1.29 is 0 Å². The lowest BCUT2D eigenvalue weighted by molar-refractivity contribution is 1.53. The maximum absolute atomic E-state index is 3.88. The number of thiophene rings is 1. The van der Waals surface area contributed by atoms with Crippen LogP contribution in [-0.4, -0.2) is 7.05 Å². The minimum Gasteiger partial charge on any atom is -0.387 e. The van der Waals surface area contributed by atoms with Gasteiger partial charge in [0.05, 0.1) is 10.6 Å². The normalized spacial score (nSPS) is 9.40. The van der Waals surface area contributed by atoms with Crippen molar-refractivity contribution in [3.63, 3.8) is 0 Å². The van der Waals surface area contributed by atoms with E-state index in [0.717, 1.165) is 5.57 Å². The van der Waals surface area contributed by atoms with Crippen molar-refractivity contribution in [2.24, 2.45) is 0 Å². The fourth-order valence-electron chi connectivity index (χ4n) is 0.837. The van der Waals surface area contributed by atoms with Crippen LogP contribution in [0.5, 0.6) is 0 Å². The number of anilines is 1. The monoisotopic (exact) mass is 153 g/mol. The summed E-state index contributed by atoms with van der Waals surface area (Å²) >= 11 is 1.72. The molecule has 0 unspecified atom stereocenters. The molecule has 0 aliphatic heterocycles. The molecule has 2 heteroatoms. The smallest absolute Gasteiger partial charge is 0.0525 e. The highest BCUT2D eigenvalue weighted by Crippen LogP contribution is 2.27. The maximum atomic E-state index is 3.88. The third-order valence-electron chi connectivity index (χ3n) is 1.32. The van der Waals surface area contributed by atoms with Gasteiger partial charge in [0.1, 0.15) is 0 Å². The van der Waals surface area contributed by atoms with Crippen LogP contribution in [0.2, 0.25) is 0 Å². The summed E-state index contributed by atoms with van der Waals surface area (Å²) in [6.45, 7) is 5.90. The maximum Gasteiger partial charge on any atom is 0.0525 e. The van der Waals surface area contributed by atoms with Gasteiger partial charge < -0.3 is 5.32 Å². The van der Waals surface area contributed by atoms with Gasteiger partial charge >= 0.3 is 0 Å². The van der Waals surface area contributed by atoms with E-state index >= 15 is 0 Å². The Bertz CT molecular complexity index is 237. The first-order valence-corrected chi connectivity index (χ1v) is 4.05. The van der Waals surface area contributed by atoms with E-state index in [1.807, 2.05) is 14.0 Å². The fourth-order valence-corrected chi connectivity index (χ4v) is 1.68. The van der Waals surface area contributed by atoms with Gasteiger partial charge in [0.25, 0.3) is 0 Å². The molecule has 0 amide bonds. The Morgan fingerprint density at radius 1 is 1.70 bits per heavy atom. The summed E-state index contributed by atoms with van der Waals surface area (Å²) in [7, 11) is 1.93. The molecule has 0 fully saturated rings. The van der Waals surface area contributed by atoms with Crippen LogP contribution in [-0.2, 0) is 0 Å². The molecule has 1 rings (SSSR count). The van der Waals surface area contributed by atoms with Gasteiger partial charge in [0.2, 0.25) is 0 Å². The van der Waals surface area contributed by atoms with E-state index < -0.39 is 0 Å². The average molecular weight is 153 g/mol. The summed E-state index contributed by atoms with van der Waals surface area (Å²) in [5.74, 6) is 0. The highest BCUT2D eigenvalue weighted by molar-refractivity contribution is 7.11. The van der Waals surface area contributed by atoms with Crippen LogP contribution < -0.4 is 5.32 Å². The molecule has 0 aromatic carbocycles. The predicted molar refractivity (Wildman–Crippen MR) is 48.6 cm³/mol. The van der Waals surface area contributed by atoms with Gasteiger partial charge in [-0.2, -0.15) is 0 Å². The van der Waals surface area contributed by atoms with Gasteiger partial charge in [-0.3, -0.25) is 0 Å². The lowest BCUT2D eigenvalue weighted by Crippen LogP contribution is -1.87. The van der Waals surface area contributed by atoms with E-state index in [1.54, 1.807) is 11.3 Å². The van der Waals surface area contributed by atoms with Crippen molar-refractivity contribution in [2.75, 3.05) is 12.4 Å². The molecule has 1 aromatic heterocycles. The van der Waals surface area contributed by atoms with Crippen molar-refractivity contribution in [3.05, 3.63) is 22.9 Å². The highest BCUT2D eigenvalue weighted by atomic mass is 32.1. The quantitative estimate of drug-likeness (QED) is 0.689. The van der Waals surface area contributed by atoms with E-state index in [2.05, 4.69) is 23.3 Å². The molecule has 1 N–H and O–H groups in total. The summed E-state index contributed by atoms with van der Waals surface area (Å²) in [5, 5.41) is 5.17. The van der Waals surface area contributed by atoms with Crippen LogP contribution in [0.3, 0.4) is 0 Å². The molecule has 1 heterocycles. The van der Waals surface area contributed by atoms with E-state index in [0.29, 0.717) is 0 Å². The largest absolute Gasteiger partial charge is 0.387 e. The Morgan fingerprint density at radius 3 is 2.80 bits per heavy atom. The molecule has 0 spiro atoms. The first-order valence-electron chi connectivity index (χ1n) is 3.17. The molecule has 0 bridgehead atoms. The first-order chi connectivity index (χ1) is 4.75. The third kappa shape index (κ3) is 1.21. The predicted octanol–water partition coefficient (Wildman–Crippen LogP) is 2.82. The van der Waals surface area contributed by atoms with Gasteiger partial charge in [-0.25, -0.2) is 0 Å². The molecule has 10 heavy (non-hydrogen) atoms. The van der Waals surface area contributed by atoms with Crippen LogP contribution in [0.25, 0.3) is 5.57 Å². The second kappa shape index (κ2) is 2.88. The zero-order valence-electron chi connectivity index (χ0n) is 6.27. The van der Waals surface area contributed by atoms with E-state index in [9.17, 15) is 0 Å². The van der Waals surface area contributed by atoms with Crippen LogP contribution in [0.4, 0.5) is 5.69 Å². The van der Waals surface area contributed by atoms with Gasteiger partial charge in [0.15, 0.2) is 0 Å². The van der Waals surface area contributed by atoms with Crippen molar-refractivity contribution >= 4 is 22.6 Å². The summed E-state index contributed by atoms with van der Waals surface area (Å²) in [6, 6.07) is 2.06. The van der Waals surface area contributed by atoms with E-state index in [-0.39, 0.29) is 0 Å². The SMILES string of the molecule is C=C(C)c1sccc1NC. The van der Waals surface area contributed by atoms with Gasteiger partial charge in [0, 0.05) is 7.05 Å². The Morgan fingerprint density at radius 2 is 2.40 bits per heavy atom. The molecule has 1 aromatic rings. The van der Waals surface area contributed by atoms with Crippen molar-refractivity contribution in [1.29, 1.82) is 0 Å². The number of rotatable bonds is 2. The lowest BCUT2D eigenvalue weighted by Gasteiger charge is -1.99. The van der Waals surface area contributed by atoms with E-state index in [4.69, 9.17) is 0 Å². The Hall–Kier alpha value is -0.760. The molecular weight excluding hydrogens is 142 g/mol. The van der Waals surface area contributed by atoms with Crippen molar-refractivity contribution in [1.82, 2.24) is 0 Å². The summed E-state index contributed by atoms with van der Waals surface area (Å²) in [6.07, 6.45) is 0. The first kappa shape index (κ1) is 7.35. The topological polar surface area (TPSA) is 12.0 Å². The minimum absolute atomic E-state index is 1.12. The Labute approximate surface area is 65.4 Å². The zero-order chi connectivity index (χ0) is 7.56. The molecule has 0 atom stereocenters. The van der Waals surface area contributed by atoms with Crippen molar-refractivity contribution in [2.45, 2.75) is 6.92 Å². The van der Waals surface area contributed by atoms with Gasteiger partial charge in [-0.05, 0) is 23.9 Å². The standard InChI is InChI=1S/C8H11NS/c1-6(2)8-7(9-3)4-5-10-8/h4-5,9H,1H2,2-3H3. The van der Waals surface area contributed by atoms with Crippen molar-refractivity contribution in [3.8, 4) is 0 Å². The molecule has 0 aliphatic carbocycles. The Kier molecular flexibility index (Phi) is 2.12. The van der Waals surface area contributed by atoms with Crippen LogP contribution in [0.1, 0.15) is 11.8 Å². The number of hydrogen-bond donors (Lipinski definition) is 1. The van der Waals surface area contributed by atoms with Gasteiger partial charge in [-0.15, -0.1) is 11.3 Å². The molecule has 54 valence electrons. The molecule has 1 nitrogen and oxygen atoms in total. The second-order valence-electron chi connectivity index (χ2n) is 2.19. The molecule has 0 saturated heterocycles. The average Bonchev–Trinajstić information content (AvgIpc) is 2.33. The third-order valence-corrected chi connectivity index (χ3v) is 2.40.